The van der Waals surface area contributed by atoms with E-state index >= 15 is 0 Å². The van der Waals surface area contributed by atoms with Crippen LogP contribution in [-0.2, 0) is 16.1 Å². The number of halogens is 1. The van der Waals surface area contributed by atoms with E-state index in [4.69, 9.17) is 10.7 Å². The van der Waals surface area contributed by atoms with Crippen LogP contribution in [0.3, 0.4) is 0 Å². The molecule has 0 unspecified atom stereocenters. The molecule has 0 atom stereocenters. The molecule has 0 saturated carbocycles. The van der Waals surface area contributed by atoms with Crippen molar-refractivity contribution in [1.82, 2.24) is 9.47 Å². The van der Waals surface area contributed by atoms with Crippen LogP contribution in [0.4, 0.5) is 0 Å². The molecule has 0 N–H and O–H groups in total. The molecule has 1 aliphatic rings. The van der Waals surface area contributed by atoms with Gasteiger partial charge >= 0.3 is 0 Å². The van der Waals surface area contributed by atoms with E-state index < -0.39 is 9.05 Å². The minimum absolute atomic E-state index is 0.0431. The summed E-state index contributed by atoms with van der Waals surface area (Å²) in [5, 5.41) is 0. The number of carbonyl (C=O) groups is 1. The van der Waals surface area contributed by atoms with E-state index in [-0.39, 0.29) is 16.2 Å². The molecule has 0 aromatic carbocycles. The Morgan fingerprint density at radius 1 is 1.42 bits per heavy atom. The number of rotatable bonds is 2. The van der Waals surface area contributed by atoms with Crippen LogP contribution in [0, 0.1) is 5.41 Å². The summed E-state index contributed by atoms with van der Waals surface area (Å²) in [6, 6.07) is 1.33. The van der Waals surface area contributed by atoms with Gasteiger partial charge in [0.15, 0.2) is 0 Å². The Bertz CT molecular complexity index is 619. The molecule has 0 spiro atoms. The van der Waals surface area contributed by atoms with Crippen LogP contribution in [0.25, 0.3) is 0 Å². The van der Waals surface area contributed by atoms with Gasteiger partial charge in [0.25, 0.3) is 15.0 Å². The van der Waals surface area contributed by atoms with Crippen LogP contribution in [0.15, 0.2) is 17.2 Å². The predicted molar refractivity (Wildman–Crippen MR) is 72.8 cm³/mol. The zero-order valence-corrected chi connectivity index (χ0v) is 12.8. The predicted octanol–water partition coefficient (Wildman–Crippen LogP) is 1.82. The topological polar surface area (TPSA) is 59.4 Å². The van der Waals surface area contributed by atoms with Gasteiger partial charge in [-0.05, 0) is 17.9 Å². The number of nitrogens with zero attached hydrogens (tertiary/aromatic N) is 2. The maximum Gasteiger partial charge on any atom is 0.270 e. The Labute approximate surface area is 117 Å². The standard InChI is InChI=1S/C12H17ClN2O3S/c1-12(2)4-5-15(8-12)11(16)10-6-9(7-14(10)3)19(13,17)18/h6-7H,4-5,8H2,1-3H3. The normalized spacial score (nSPS) is 18.8. The maximum absolute atomic E-state index is 12.4. The molecule has 19 heavy (non-hydrogen) atoms. The second kappa shape index (κ2) is 4.52. The second-order valence-corrected chi connectivity index (χ2v) is 8.32. The van der Waals surface area contributed by atoms with Crippen LogP contribution >= 0.6 is 10.7 Å². The van der Waals surface area contributed by atoms with E-state index in [2.05, 4.69) is 13.8 Å². The van der Waals surface area contributed by atoms with Crippen molar-refractivity contribution < 1.29 is 13.2 Å². The minimum Gasteiger partial charge on any atom is -0.345 e. The first-order valence-corrected chi connectivity index (χ1v) is 8.31. The fourth-order valence-corrected chi connectivity index (χ4v) is 3.12. The van der Waals surface area contributed by atoms with Crippen LogP contribution < -0.4 is 0 Å². The molecule has 7 heteroatoms. The van der Waals surface area contributed by atoms with E-state index in [9.17, 15) is 13.2 Å². The lowest BCUT2D eigenvalue weighted by atomic mass is 9.93. The van der Waals surface area contributed by atoms with Gasteiger partial charge in [-0.3, -0.25) is 4.79 Å². The number of hydrogen-bond acceptors (Lipinski definition) is 3. The summed E-state index contributed by atoms with van der Waals surface area (Å²) in [6.07, 6.45) is 2.31. The molecular formula is C12H17ClN2O3S. The Balaban J connectivity index is 2.28. The van der Waals surface area contributed by atoms with Crippen LogP contribution in [0.2, 0.25) is 0 Å². The van der Waals surface area contributed by atoms with Crippen LogP contribution in [-0.4, -0.2) is 36.9 Å². The Morgan fingerprint density at radius 2 is 2.05 bits per heavy atom. The van der Waals surface area contributed by atoms with Crippen molar-refractivity contribution in [3.8, 4) is 0 Å². The molecule has 1 fully saturated rings. The molecule has 1 amide bonds. The van der Waals surface area contributed by atoms with Gasteiger partial charge in [0, 0.05) is 37.0 Å². The van der Waals surface area contributed by atoms with Crippen molar-refractivity contribution in [2.45, 2.75) is 25.2 Å². The fraction of sp³-hybridized carbons (Fsp3) is 0.583. The van der Waals surface area contributed by atoms with Gasteiger partial charge in [-0.1, -0.05) is 13.8 Å². The molecule has 0 radical (unpaired) electrons. The maximum atomic E-state index is 12.4. The molecule has 2 rings (SSSR count). The lowest BCUT2D eigenvalue weighted by molar-refractivity contribution is 0.0769. The molecule has 1 aromatic rings. The van der Waals surface area contributed by atoms with E-state index in [1.54, 1.807) is 11.9 Å². The molecule has 0 aliphatic carbocycles. The first kappa shape index (κ1) is 14.4. The SMILES string of the molecule is Cn1cc(S(=O)(=O)Cl)cc1C(=O)N1CCC(C)(C)C1. The van der Waals surface area contributed by atoms with Crippen molar-refractivity contribution in [1.29, 1.82) is 0 Å². The van der Waals surface area contributed by atoms with Gasteiger partial charge in [0.05, 0.1) is 0 Å². The monoisotopic (exact) mass is 304 g/mol. The summed E-state index contributed by atoms with van der Waals surface area (Å²) in [6.45, 7) is 5.60. The molecule has 2 heterocycles. The third-order valence-corrected chi connectivity index (χ3v) is 4.77. The number of likely N-dealkylation sites (tertiary alicyclic amines) is 1. The van der Waals surface area contributed by atoms with Crippen molar-refractivity contribution in [2.75, 3.05) is 13.1 Å². The van der Waals surface area contributed by atoms with Gasteiger partial charge in [-0.2, -0.15) is 0 Å². The number of aryl methyl sites for hydroxylation is 1. The molecular weight excluding hydrogens is 288 g/mol. The Kier molecular flexibility index (Phi) is 3.43. The zero-order valence-electron chi connectivity index (χ0n) is 11.2. The second-order valence-electron chi connectivity index (χ2n) is 5.75. The van der Waals surface area contributed by atoms with Gasteiger partial charge in [-0.25, -0.2) is 8.42 Å². The Morgan fingerprint density at radius 3 is 2.47 bits per heavy atom. The van der Waals surface area contributed by atoms with Crippen LogP contribution in [0.5, 0.6) is 0 Å². The van der Waals surface area contributed by atoms with E-state index in [1.807, 2.05) is 0 Å². The number of carbonyl (C=O) groups excluding carboxylic acids is 1. The summed E-state index contributed by atoms with van der Waals surface area (Å²) in [4.78, 5) is 14.1. The lowest BCUT2D eigenvalue weighted by Gasteiger charge is -2.19. The highest BCUT2D eigenvalue weighted by Crippen LogP contribution is 2.30. The van der Waals surface area contributed by atoms with Crippen molar-refractivity contribution in [2.24, 2.45) is 12.5 Å². The average Bonchev–Trinajstić information content (AvgIpc) is 2.80. The molecule has 5 nitrogen and oxygen atoms in total. The molecule has 0 bridgehead atoms. The highest BCUT2D eigenvalue weighted by molar-refractivity contribution is 8.13. The zero-order chi connectivity index (χ0) is 14.4. The third-order valence-electron chi connectivity index (χ3n) is 3.45. The lowest BCUT2D eigenvalue weighted by Crippen LogP contribution is -2.31. The summed E-state index contributed by atoms with van der Waals surface area (Å²) < 4.78 is 24.0. The van der Waals surface area contributed by atoms with E-state index in [1.165, 1.54) is 16.8 Å². The summed E-state index contributed by atoms with van der Waals surface area (Å²) in [5.41, 5.74) is 0.458. The van der Waals surface area contributed by atoms with Crippen molar-refractivity contribution >= 4 is 25.6 Å². The molecule has 106 valence electrons. The average molecular weight is 305 g/mol. The fourth-order valence-electron chi connectivity index (χ4n) is 2.33. The number of amides is 1. The number of aromatic nitrogens is 1. The third kappa shape index (κ3) is 2.95. The first-order valence-electron chi connectivity index (χ1n) is 6.00. The number of hydrogen-bond donors (Lipinski definition) is 0. The van der Waals surface area contributed by atoms with Gasteiger partial charge in [-0.15, -0.1) is 0 Å². The highest BCUT2D eigenvalue weighted by Gasteiger charge is 2.33. The summed E-state index contributed by atoms with van der Waals surface area (Å²) >= 11 is 0. The molecule has 1 saturated heterocycles. The highest BCUT2D eigenvalue weighted by atomic mass is 35.7. The smallest absolute Gasteiger partial charge is 0.270 e. The van der Waals surface area contributed by atoms with Gasteiger partial charge in [0.1, 0.15) is 10.6 Å². The minimum atomic E-state index is -3.80. The molecule has 1 aromatic heterocycles. The van der Waals surface area contributed by atoms with Crippen molar-refractivity contribution in [3.63, 3.8) is 0 Å². The summed E-state index contributed by atoms with van der Waals surface area (Å²) in [7, 11) is 3.12. The summed E-state index contributed by atoms with van der Waals surface area (Å²) in [5.74, 6) is -0.153. The van der Waals surface area contributed by atoms with Gasteiger partial charge in [0.2, 0.25) is 0 Å². The van der Waals surface area contributed by atoms with Crippen LogP contribution in [0.1, 0.15) is 30.8 Å². The van der Waals surface area contributed by atoms with E-state index in [0.29, 0.717) is 18.8 Å². The largest absolute Gasteiger partial charge is 0.345 e. The first-order chi connectivity index (χ1) is 8.60. The van der Waals surface area contributed by atoms with Gasteiger partial charge < -0.3 is 9.47 Å². The molecule has 1 aliphatic heterocycles. The Hall–Kier alpha value is -1.01. The quantitative estimate of drug-likeness (QED) is 0.783. The van der Waals surface area contributed by atoms with E-state index in [0.717, 1.165) is 6.42 Å². The van der Waals surface area contributed by atoms with Crippen molar-refractivity contribution in [3.05, 3.63) is 18.0 Å².